The normalized spacial score (nSPS) is 15.9. The molecule has 0 radical (unpaired) electrons. The van der Waals surface area contributed by atoms with Crippen molar-refractivity contribution in [1.82, 2.24) is 9.78 Å². The fourth-order valence-corrected chi connectivity index (χ4v) is 3.75. The number of nitro groups is 1. The first-order valence-corrected chi connectivity index (χ1v) is 9.88. The Morgan fingerprint density at radius 2 is 1.93 bits per heavy atom. The predicted molar refractivity (Wildman–Crippen MR) is 114 cm³/mol. The predicted octanol–water partition coefficient (Wildman–Crippen LogP) is 4.11. The average molecular weight is 447 g/mol. The first-order chi connectivity index (χ1) is 14.4. The van der Waals surface area contributed by atoms with Gasteiger partial charge in [0.1, 0.15) is 16.9 Å². The Balaban J connectivity index is 1.52. The Labute approximate surface area is 181 Å². The van der Waals surface area contributed by atoms with Crippen LogP contribution in [0.1, 0.15) is 6.42 Å². The zero-order valence-corrected chi connectivity index (χ0v) is 17.1. The Bertz CT molecular complexity index is 1150. The van der Waals surface area contributed by atoms with Crippen LogP contribution in [0.3, 0.4) is 0 Å². The summed E-state index contributed by atoms with van der Waals surface area (Å²) >= 11 is 12.4. The highest BCUT2D eigenvalue weighted by Crippen LogP contribution is 2.28. The molecule has 1 atom stereocenters. The molecule has 2 aromatic carbocycles. The van der Waals surface area contributed by atoms with E-state index < -0.39 is 10.5 Å². The molecule has 154 valence electrons. The van der Waals surface area contributed by atoms with Crippen molar-refractivity contribution in [2.24, 2.45) is 0 Å². The van der Waals surface area contributed by atoms with Crippen LogP contribution >= 0.6 is 23.2 Å². The van der Waals surface area contributed by atoms with E-state index in [0.717, 1.165) is 11.1 Å². The maximum atomic E-state index is 12.7. The van der Waals surface area contributed by atoms with Gasteiger partial charge in [0, 0.05) is 30.1 Å². The van der Waals surface area contributed by atoms with Crippen molar-refractivity contribution in [2.45, 2.75) is 12.5 Å². The summed E-state index contributed by atoms with van der Waals surface area (Å²) in [5.41, 5.74) is 0.346. The Morgan fingerprint density at radius 1 is 1.17 bits per heavy atom. The maximum absolute atomic E-state index is 12.7. The quantitative estimate of drug-likeness (QED) is 0.432. The summed E-state index contributed by atoms with van der Waals surface area (Å²) in [7, 11) is 0. The Hall–Kier alpha value is -3.10. The van der Waals surface area contributed by atoms with Crippen molar-refractivity contribution in [1.29, 1.82) is 0 Å². The molecule has 0 bridgehead atoms. The van der Waals surface area contributed by atoms with Crippen molar-refractivity contribution in [3.05, 3.63) is 85.2 Å². The number of aromatic nitrogens is 2. The number of hydrogen-bond donors (Lipinski definition) is 0. The van der Waals surface area contributed by atoms with Crippen LogP contribution in [0.4, 0.5) is 11.4 Å². The molecule has 4 rings (SSSR count). The summed E-state index contributed by atoms with van der Waals surface area (Å²) in [4.78, 5) is 25.0. The van der Waals surface area contributed by atoms with Gasteiger partial charge in [-0.1, -0.05) is 29.3 Å². The van der Waals surface area contributed by atoms with Gasteiger partial charge in [-0.25, -0.2) is 0 Å². The molecule has 1 aromatic heterocycles. The lowest BCUT2D eigenvalue weighted by Crippen LogP contribution is -2.29. The number of halogens is 2. The number of hydrogen-bond acceptors (Lipinski definition) is 6. The van der Waals surface area contributed by atoms with Crippen LogP contribution in [0, 0.1) is 10.1 Å². The third-order valence-corrected chi connectivity index (χ3v) is 5.38. The van der Waals surface area contributed by atoms with E-state index in [4.69, 9.17) is 27.9 Å². The minimum atomic E-state index is -0.509. The smallest absolute Gasteiger partial charge is 0.292 e. The topological polar surface area (TPSA) is 90.5 Å². The standard InChI is InChI=1S/C20H16Cl2N4O4/c21-13-2-1-3-16(10-13)30-17-8-9-24(12-17)18-11-23-25(20(27)19(18)22)14-4-6-15(7-5-14)26(28)29/h1-7,10-11,17H,8-9,12H2. The van der Waals surface area contributed by atoms with Crippen LogP contribution in [-0.2, 0) is 0 Å². The average Bonchev–Trinajstić information content (AvgIpc) is 3.18. The van der Waals surface area contributed by atoms with E-state index in [1.54, 1.807) is 12.1 Å². The molecule has 1 unspecified atom stereocenters. The summed E-state index contributed by atoms with van der Waals surface area (Å²) in [5, 5.41) is 15.6. The molecule has 1 aliphatic heterocycles. The van der Waals surface area contributed by atoms with Crippen LogP contribution < -0.4 is 15.2 Å². The Kier molecular flexibility index (Phi) is 5.61. The van der Waals surface area contributed by atoms with Crippen LogP contribution in [0.25, 0.3) is 5.69 Å². The second-order valence-corrected chi connectivity index (χ2v) is 7.58. The van der Waals surface area contributed by atoms with Gasteiger partial charge in [0.05, 0.1) is 29.0 Å². The second-order valence-electron chi connectivity index (χ2n) is 6.77. The first-order valence-electron chi connectivity index (χ1n) is 9.12. The minimum Gasteiger partial charge on any atom is -0.488 e. The molecular weight excluding hydrogens is 431 g/mol. The third kappa shape index (κ3) is 4.10. The molecular formula is C20H16Cl2N4O4. The highest BCUT2D eigenvalue weighted by Gasteiger charge is 2.27. The number of ether oxygens (including phenoxy) is 1. The molecule has 1 saturated heterocycles. The molecule has 8 nitrogen and oxygen atoms in total. The molecule has 1 fully saturated rings. The minimum absolute atomic E-state index is 0.0340. The largest absolute Gasteiger partial charge is 0.488 e. The van der Waals surface area contributed by atoms with Gasteiger partial charge in [-0.3, -0.25) is 14.9 Å². The summed E-state index contributed by atoms with van der Waals surface area (Å²) < 4.78 is 7.09. The van der Waals surface area contributed by atoms with Gasteiger partial charge in [0.25, 0.3) is 11.2 Å². The van der Waals surface area contributed by atoms with Gasteiger partial charge >= 0.3 is 0 Å². The summed E-state index contributed by atoms with van der Waals surface area (Å²) in [6.07, 6.45) is 2.21. The summed E-state index contributed by atoms with van der Waals surface area (Å²) in [6.45, 7) is 1.21. The van der Waals surface area contributed by atoms with Crippen molar-refractivity contribution < 1.29 is 9.66 Å². The molecule has 10 heteroatoms. The van der Waals surface area contributed by atoms with Crippen molar-refractivity contribution in [3.8, 4) is 11.4 Å². The maximum Gasteiger partial charge on any atom is 0.292 e. The summed E-state index contributed by atoms with van der Waals surface area (Å²) in [6, 6.07) is 12.7. The number of non-ortho nitro benzene ring substituents is 1. The molecule has 0 spiro atoms. The van der Waals surface area contributed by atoms with Crippen molar-refractivity contribution in [3.63, 3.8) is 0 Å². The molecule has 0 amide bonds. The number of nitro benzene ring substituents is 1. The molecule has 2 heterocycles. The summed E-state index contributed by atoms with van der Waals surface area (Å²) in [5.74, 6) is 0.687. The molecule has 3 aromatic rings. The molecule has 0 N–H and O–H groups in total. The van der Waals surface area contributed by atoms with Gasteiger partial charge in [-0.15, -0.1) is 0 Å². The Morgan fingerprint density at radius 3 is 2.63 bits per heavy atom. The third-order valence-electron chi connectivity index (χ3n) is 4.79. The van der Waals surface area contributed by atoms with Gasteiger partial charge < -0.3 is 9.64 Å². The van der Waals surface area contributed by atoms with E-state index in [9.17, 15) is 14.9 Å². The van der Waals surface area contributed by atoms with Gasteiger partial charge in [-0.2, -0.15) is 9.78 Å². The van der Waals surface area contributed by atoms with E-state index >= 15 is 0 Å². The SMILES string of the molecule is O=c1c(Cl)c(N2CCC(Oc3cccc(Cl)c3)C2)cnn1-c1ccc([N+](=O)[O-])cc1. The van der Waals surface area contributed by atoms with E-state index in [1.165, 1.54) is 30.5 Å². The van der Waals surface area contributed by atoms with E-state index in [-0.39, 0.29) is 16.8 Å². The lowest BCUT2D eigenvalue weighted by atomic mass is 10.3. The van der Waals surface area contributed by atoms with Crippen molar-refractivity contribution >= 4 is 34.6 Å². The number of anilines is 1. The highest BCUT2D eigenvalue weighted by atomic mass is 35.5. The van der Waals surface area contributed by atoms with Crippen LogP contribution in [0.2, 0.25) is 10.0 Å². The number of nitrogens with zero attached hydrogens (tertiary/aromatic N) is 4. The fourth-order valence-electron chi connectivity index (χ4n) is 3.32. The monoisotopic (exact) mass is 446 g/mol. The number of rotatable bonds is 5. The van der Waals surface area contributed by atoms with E-state index in [1.807, 2.05) is 17.0 Å². The van der Waals surface area contributed by atoms with Gasteiger partial charge in [-0.05, 0) is 30.3 Å². The van der Waals surface area contributed by atoms with Crippen LogP contribution in [0.5, 0.6) is 5.75 Å². The highest BCUT2D eigenvalue weighted by molar-refractivity contribution is 6.33. The zero-order valence-electron chi connectivity index (χ0n) is 15.6. The lowest BCUT2D eigenvalue weighted by Gasteiger charge is -2.20. The first kappa shape index (κ1) is 20.2. The molecule has 0 saturated carbocycles. The van der Waals surface area contributed by atoms with Gasteiger partial charge in [0.2, 0.25) is 0 Å². The zero-order chi connectivity index (χ0) is 21.3. The molecule has 0 aliphatic carbocycles. The fraction of sp³-hybridized carbons (Fsp3) is 0.200. The van der Waals surface area contributed by atoms with Crippen molar-refractivity contribution in [2.75, 3.05) is 18.0 Å². The number of benzene rings is 2. The van der Waals surface area contributed by atoms with Gasteiger partial charge in [0.15, 0.2) is 0 Å². The van der Waals surface area contributed by atoms with Crippen LogP contribution in [-0.4, -0.2) is 33.9 Å². The molecule has 30 heavy (non-hydrogen) atoms. The lowest BCUT2D eigenvalue weighted by molar-refractivity contribution is -0.384. The second kappa shape index (κ2) is 8.33. The molecule has 1 aliphatic rings. The van der Waals surface area contributed by atoms with E-state index in [2.05, 4.69) is 5.10 Å². The van der Waals surface area contributed by atoms with E-state index in [0.29, 0.717) is 35.2 Å². The van der Waals surface area contributed by atoms with Crippen LogP contribution in [0.15, 0.2) is 59.5 Å².